The standard InChI is InChI=1S/C24H48OSi/c1-7-26(8-2,24(4,5)6)25-23-20-18-16-14-12-10-9-11-13-15-17-19-22(3)21-23/h21-22H,7-20H2,1-6H3/b23-21+. The highest BCUT2D eigenvalue weighted by Gasteiger charge is 2.45. The number of rotatable bonds is 4. The molecule has 0 bridgehead atoms. The molecule has 0 aromatic heterocycles. The summed E-state index contributed by atoms with van der Waals surface area (Å²) in [4.78, 5) is 0. The molecule has 1 aliphatic rings. The zero-order valence-corrected chi connectivity index (χ0v) is 20.0. The Morgan fingerprint density at radius 3 is 1.77 bits per heavy atom. The van der Waals surface area contributed by atoms with Crippen LogP contribution in [0.4, 0.5) is 0 Å². The second-order valence-corrected chi connectivity index (χ2v) is 14.8. The highest BCUT2D eigenvalue weighted by Crippen LogP contribution is 2.44. The van der Waals surface area contributed by atoms with E-state index in [1.807, 2.05) is 0 Å². The average molecular weight is 381 g/mol. The molecule has 0 radical (unpaired) electrons. The van der Waals surface area contributed by atoms with Crippen molar-refractivity contribution < 1.29 is 4.43 Å². The van der Waals surface area contributed by atoms with E-state index in [1.54, 1.807) is 0 Å². The van der Waals surface area contributed by atoms with Crippen LogP contribution in [0.1, 0.15) is 119 Å². The van der Waals surface area contributed by atoms with Crippen LogP contribution < -0.4 is 0 Å². The summed E-state index contributed by atoms with van der Waals surface area (Å²) >= 11 is 0. The first kappa shape index (κ1) is 23.8. The van der Waals surface area contributed by atoms with Gasteiger partial charge in [0, 0.05) is 6.42 Å². The Hall–Kier alpha value is -0.243. The van der Waals surface area contributed by atoms with Crippen molar-refractivity contribution >= 4 is 8.32 Å². The Morgan fingerprint density at radius 1 is 0.846 bits per heavy atom. The van der Waals surface area contributed by atoms with E-state index in [0.717, 1.165) is 6.42 Å². The third kappa shape index (κ3) is 8.19. The van der Waals surface area contributed by atoms with Crippen molar-refractivity contribution in [2.24, 2.45) is 5.92 Å². The molecule has 2 heteroatoms. The lowest BCUT2D eigenvalue weighted by Crippen LogP contribution is -2.45. The van der Waals surface area contributed by atoms with Crippen LogP contribution in [0.3, 0.4) is 0 Å². The summed E-state index contributed by atoms with van der Waals surface area (Å²) in [6.07, 6.45) is 19.1. The zero-order chi connectivity index (χ0) is 19.5. The highest BCUT2D eigenvalue weighted by molar-refractivity contribution is 6.76. The molecule has 0 saturated carbocycles. The molecule has 0 spiro atoms. The van der Waals surface area contributed by atoms with Crippen LogP contribution in [0.2, 0.25) is 17.1 Å². The lowest BCUT2D eigenvalue weighted by molar-refractivity contribution is 0.343. The SMILES string of the molecule is CC[Si](CC)(O/C1=C/C(C)CCCCCCCCCCCC1)C(C)(C)C. The topological polar surface area (TPSA) is 9.23 Å². The number of allylic oxidation sites excluding steroid dienone is 2. The van der Waals surface area contributed by atoms with E-state index < -0.39 is 8.32 Å². The molecule has 154 valence electrons. The minimum absolute atomic E-state index is 0.303. The van der Waals surface area contributed by atoms with Gasteiger partial charge in [-0.05, 0) is 42.0 Å². The molecule has 0 amide bonds. The monoisotopic (exact) mass is 380 g/mol. The quantitative estimate of drug-likeness (QED) is 0.442. The van der Waals surface area contributed by atoms with Crippen LogP contribution >= 0.6 is 0 Å². The van der Waals surface area contributed by atoms with Crippen molar-refractivity contribution in [2.75, 3.05) is 0 Å². The van der Waals surface area contributed by atoms with E-state index in [2.05, 4.69) is 47.6 Å². The maximum atomic E-state index is 7.00. The second-order valence-electron chi connectivity index (χ2n) is 9.74. The van der Waals surface area contributed by atoms with Gasteiger partial charge in [0.25, 0.3) is 8.32 Å². The summed E-state index contributed by atoms with van der Waals surface area (Å²) in [5.74, 6) is 2.01. The fraction of sp³-hybridized carbons (Fsp3) is 0.917. The molecule has 1 nitrogen and oxygen atoms in total. The van der Waals surface area contributed by atoms with E-state index in [4.69, 9.17) is 4.43 Å². The number of hydrogen-bond donors (Lipinski definition) is 0. The molecular weight excluding hydrogens is 332 g/mol. The second kappa shape index (κ2) is 12.3. The van der Waals surface area contributed by atoms with Crippen molar-refractivity contribution in [3.05, 3.63) is 11.8 Å². The minimum Gasteiger partial charge on any atom is -0.546 e. The maximum Gasteiger partial charge on any atom is 0.255 e. The van der Waals surface area contributed by atoms with Crippen LogP contribution in [-0.4, -0.2) is 8.32 Å². The molecule has 0 fully saturated rings. The molecule has 1 unspecified atom stereocenters. The lowest BCUT2D eigenvalue weighted by Gasteiger charge is -2.42. The molecule has 0 aliphatic heterocycles. The van der Waals surface area contributed by atoms with Gasteiger partial charge in [0.15, 0.2) is 0 Å². The van der Waals surface area contributed by atoms with E-state index in [9.17, 15) is 0 Å². The predicted octanol–water partition coefficient (Wildman–Crippen LogP) is 9.00. The fourth-order valence-corrected chi connectivity index (χ4v) is 8.50. The van der Waals surface area contributed by atoms with Crippen molar-refractivity contribution in [3.63, 3.8) is 0 Å². The van der Waals surface area contributed by atoms with Gasteiger partial charge < -0.3 is 4.43 Å². The van der Waals surface area contributed by atoms with Crippen molar-refractivity contribution in [1.82, 2.24) is 0 Å². The molecule has 0 aromatic carbocycles. The summed E-state index contributed by atoms with van der Waals surface area (Å²) in [6.45, 7) is 14.3. The molecular formula is C24H48OSi. The fourth-order valence-electron chi connectivity index (χ4n) is 4.61. The average Bonchev–Trinajstić information content (AvgIpc) is 2.59. The summed E-state index contributed by atoms with van der Waals surface area (Å²) in [6, 6.07) is 2.44. The zero-order valence-electron chi connectivity index (χ0n) is 19.0. The van der Waals surface area contributed by atoms with E-state index >= 15 is 0 Å². The lowest BCUT2D eigenvalue weighted by atomic mass is 10.0. The van der Waals surface area contributed by atoms with Crippen molar-refractivity contribution in [1.29, 1.82) is 0 Å². The first-order valence-electron chi connectivity index (χ1n) is 11.7. The van der Waals surface area contributed by atoms with Gasteiger partial charge in [0.1, 0.15) is 0 Å². The van der Waals surface area contributed by atoms with Gasteiger partial charge in [-0.1, -0.05) is 99.3 Å². The minimum atomic E-state index is -1.75. The van der Waals surface area contributed by atoms with Crippen LogP contribution in [0.15, 0.2) is 11.8 Å². The predicted molar refractivity (Wildman–Crippen MR) is 120 cm³/mol. The Morgan fingerprint density at radius 2 is 1.31 bits per heavy atom. The van der Waals surface area contributed by atoms with E-state index in [1.165, 1.54) is 88.5 Å². The van der Waals surface area contributed by atoms with Gasteiger partial charge in [-0.25, -0.2) is 0 Å². The Bertz CT molecular complexity index is 390. The van der Waals surface area contributed by atoms with Crippen molar-refractivity contribution in [3.8, 4) is 0 Å². The van der Waals surface area contributed by atoms with Crippen LogP contribution in [0, 0.1) is 5.92 Å². The molecule has 1 aliphatic carbocycles. The molecule has 0 saturated heterocycles. The Kier molecular flexibility index (Phi) is 11.2. The van der Waals surface area contributed by atoms with Gasteiger partial charge in [-0.2, -0.15) is 0 Å². The smallest absolute Gasteiger partial charge is 0.255 e. The van der Waals surface area contributed by atoms with Crippen LogP contribution in [0.25, 0.3) is 0 Å². The van der Waals surface area contributed by atoms with Crippen LogP contribution in [-0.2, 0) is 4.43 Å². The molecule has 1 rings (SSSR count). The van der Waals surface area contributed by atoms with E-state index in [-0.39, 0.29) is 0 Å². The molecule has 0 N–H and O–H groups in total. The molecule has 0 aromatic rings. The van der Waals surface area contributed by atoms with E-state index in [0.29, 0.717) is 11.0 Å². The van der Waals surface area contributed by atoms with Gasteiger partial charge >= 0.3 is 0 Å². The molecule has 0 heterocycles. The van der Waals surface area contributed by atoms with Crippen LogP contribution in [0.5, 0.6) is 0 Å². The Balaban J connectivity index is 2.85. The van der Waals surface area contributed by atoms with Gasteiger partial charge in [-0.3, -0.25) is 0 Å². The van der Waals surface area contributed by atoms with Gasteiger partial charge in [0.05, 0.1) is 5.76 Å². The highest BCUT2D eigenvalue weighted by atomic mass is 28.4. The summed E-state index contributed by atoms with van der Waals surface area (Å²) in [5.41, 5.74) is 0. The third-order valence-corrected chi connectivity index (χ3v) is 12.3. The Labute approximate surface area is 166 Å². The summed E-state index contributed by atoms with van der Waals surface area (Å²) in [5, 5.41) is 0.303. The molecule has 26 heavy (non-hydrogen) atoms. The summed E-state index contributed by atoms with van der Waals surface area (Å²) < 4.78 is 7.00. The largest absolute Gasteiger partial charge is 0.546 e. The summed E-state index contributed by atoms with van der Waals surface area (Å²) in [7, 11) is -1.75. The van der Waals surface area contributed by atoms with Gasteiger partial charge in [0.2, 0.25) is 0 Å². The number of hydrogen-bond acceptors (Lipinski definition) is 1. The first-order valence-corrected chi connectivity index (χ1v) is 14.1. The maximum absolute atomic E-state index is 7.00. The molecule has 1 atom stereocenters. The normalized spacial score (nSPS) is 24.8. The van der Waals surface area contributed by atoms with Gasteiger partial charge in [-0.15, -0.1) is 0 Å². The third-order valence-electron chi connectivity index (χ3n) is 6.64. The first-order chi connectivity index (χ1) is 12.3. The van der Waals surface area contributed by atoms with Crippen molar-refractivity contribution in [2.45, 2.75) is 136 Å².